The molecular weight excluding hydrogens is 368 g/mol. The Morgan fingerprint density at radius 3 is 2.67 bits per heavy atom. The minimum absolute atomic E-state index is 0.332. The van der Waals surface area contributed by atoms with Gasteiger partial charge in [0.15, 0.2) is 0 Å². The van der Waals surface area contributed by atoms with E-state index in [0.29, 0.717) is 11.8 Å². The van der Waals surface area contributed by atoms with Crippen molar-refractivity contribution in [3.63, 3.8) is 0 Å². The van der Waals surface area contributed by atoms with Crippen molar-refractivity contribution in [3.8, 4) is 0 Å². The first-order valence-electron chi connectivity index (χ1n) is 11.0. The largest absolute Gasteiger partial charge is 0.358 e. The smallest absolute Gasteiger partial charge is 0.135 e. The first kappa shape index (κ1) is 19.0. The van der Waals surface area contributed by atoms with Gasteiger partial charge in [-0.05, 0) is 60.9 Å². The number of aromatic nitrogens is 1. The van der Waals surface area contributed by atoms with E-state index in [9.17, 15) is 0 Å². The van der Waals surface area contributed by atoms with Crippen LogP contribution in [0.5, 0.6) is 0 Å². The molecule has 0 amide bonds. The Hall–Kier alpha value is -3.01. The summed E-state index contributed by atoms with van der Waals surface area (Å²) >= 11 is 0. The van der Waals surface area contributed by atoms with E-state index in [-0.39, 0.29) is 0 Å². The minimum Gasteiger partial charge on any atom is -0.358 e. The number of amidine groups is 1. The van der Waals surface area contributed by atoms with Gasteiger partial charge >= 0.3 is 0 Å². The van der Waals surface area contributed by atoms with Gasteiger partial charge in [0.05, 0.1) is 5.71 Å². The molecule has 0 spiro atoms. The second kappa shape index (κ2) is 8.39. The molecule has 1 aromatic heterocycles. The Balaban J connectivity index is 1.34. The molecule has 3 aliphatic rings. The average Bonchev–Trinajstić information content (AvgIpc) is 2.80. The summed E-state index contributed by atoms with van der Waals surface area (Å²) in [4.78, 5) is 6.80. The predicted octanol–water partition coefficient (Wildman–Crippen LogP) is 5.08. The summed E-state index contributed by atoms with van der Waals surface area (Å²) in [6, 6.07) is 15.2. The number of nitrogens with zero attached hydrogens (tertiary/aromatic N) is 4. The molecule has 1 saturated heterocycles. The van der Waals surface area contributed by atoms with Crippen LogP contribution in [-0.2, 0) is 6.42 Å². The molecule has 0 N–H and O–H groups in total. The van der Waals surface area contributed by atoms with Crippen LogP contribution in [0.15, 0.2) is 82.7 Å². The third-order valence-electron chi connectivity index (χ3n) is 6.50. The predicted molar refractivity (Wildman–Crippen MR) is 123 cm³/mol. The molecular formula is C26H28N4. The summed E-state index contributed by atoms with van der Waals surface area (Å²) in [7, 11) is 0. The second-order valence-corrected chi connectivity index (χ2v) is 8.50. The number of rotatable bonds is 3. The van der Waals surface area contributed by atoms with Gasteiger partial charge in [0, 0.05) is 37.3 Å². The highest BCUT2D eigenvalue weighted by molar-refractivity contribution is 6.09. The maximum atomic E-state index is 4.78. The maximum Gasteiger partial charge on any atom is 0.135 e. The quantitative estimate of drug-likeness (QED) is 0.726. The number of allylic oxidation sites excluding steroid dienone is 3. The van der Waals surface area contributed by atoms with Gasteiger partial charge < -0.3 is 4.90 Å². The minimum atomic E-state index is 0.332. The molecule has 30 heavy (non-hydrogen) atoms. The van der Waals surface area contributed by atoms with Crippen LogP contribution in [0.3, 0.4) is 0 Å². The fraction of sp³-hybridized carbons (Fsp3) is 0.346. The lowest BCUT2D eigenvalue weighted by atomic mass is 9.83. The summed E-state index contributed by atoms with van der Waals surface area (Å²) in [5.74, 6) is 2.15. The molecule has 4 nitrogen and oxygen atoms in total. The summed E-state index contributed by atoms with van der Waals surface area (Å²) in [6.07, 6.45) is 12.7. The molecule has 1 unspecified atom stereocenters. The summed E-state index contributed by atoms with van der Waals surface area (Å²) in [5, 5.41) is 9.49. The topological polar surface area (TPSA) is 40.9 Å². The van der Waals surface area contributed by atoms with Crippen molar-refractivity contribution in [2.75, 3.05) is 13.1 Å². The molecule has 2 aliphatic heterocycles. The summed E-state index contributed by atoms with van der Waals surface area (Å²) in [6.45, 7) is 4.15. The Morgan fingerprint density at radius 1 is 1.03 bits per heavy atom. The monoisotopic (exact) mass is 396 g/mol. The lowest BCUT2D eigenvalue weighted by molar-refractivity contribution is 0.302. The zero-order valence-electron chi connectivity index (χ0n) is 17.5. The lowest BCUT2D eigenvalue weighted by Gasteiger charge is -2.38. The van der Waals surface area contributed by atoms with Crippen molar-refractivity contribution in [3.05, 3.63) is 89.3 Å². The van der Waals surface area contributed by atoms with Crippen LogP contribution >= 0.6 is 0 Å². The molecule has 1 atom stereocenters. The zero-order valence-corrected chi connectivity index (χ0v) is 17.5. The summed E-state index contributed by atoms with van der Waals surface area (Å²) < 4.78 is 0. The van der Waals surface area contributed by atoms with E-state index in [0.717, 1.165) is 43.2 Å². The molecule has 3 heterocycles. The number of pyridine rings is 1. The molecule has 0 bridgehead atoms. The Labute approximate surface area is 178 Å². The van der Waals surface area contributed by atoms with E-state index < -0.39 is 0 Å². The van der Waals surface area contributed by atoms with Gasteiger partial charge in [-0.25, -0.2) is 0 Å². The van der Waals surface area contributed by atoms with Crippen LogP contribution in [0.1, 0.15) is 42.0 Å². The van der Waals surface area contributed by atoms with Crippen molar-refractivity contribution in [2.45, 2.75) is 38.5 Å². The molecule has 1 aromatic carbocycles. The summed E-state index contributed by atoms with van der Waals surface area (Å²) in [5.41, 5.74) is 6.19. The molecule has 152 valence electrons. The molecule has 0 radical (unpaired) electrons. The number of piperidine rings is 1. The van der Waals surface area contributed by atoms with Gasteiger partial charge in [0.1, 0.15) is 5.84 Å². The first-order valence-corrected chi connectivity index (χ1v) is 11.0. The van der Waals surface area contributed by atoms with Crippen molar-refractivity contribution in [1.82, 2.24) is 9.88 Å². The van der Waals surface area contributed by atoms with Crippen LogP contribution in [0.25, 0.3) is 0 Å². The number of hydrogen-bond acceptors (Lipinski definition) is 4. The SMILES string of the molecule is Cc1cc(CC2=NN=C(N3CCC(c4ccccc4)CC3)C3CC=CC=C23)ccn1. The molecule has 5 rings (SSSR count). The Kier molecular flexibility index (Phi) is 5.31. The molecule has 1 fully saturated rings. The number of hydrogen-bond donors (Lipinski definition) is 0. The van der Waals surface area contributed by atoms with Crippen LogP contribution in [0, 0.1) is 12.8 Å². The Morgan fingerprint density at radius 2 is 1.87 bits per heavy atom. The van der Waals surface area contributed by atoms with Gasteiger partial charge in [0.2, 0.25) is 0 Å². The Bertz CT molecular complexity index is 1020. The number of benzene rings is 1. The zero-order chi connectivity index (χ0) is 20.3. The molecule has 1 aliphatic carbocycles. The standard InChI is InChI=1S/C26H28N4/c1-19-17-20(11-14-27-19)18-25-23-9-5-6-10-24(23)26(29-28-25)30-15-12-22(13-16-30)21-7-3-2-4-8-21/h2-9,11,14,17,22,24H,10,12-13,15-16,18H2,1H3. The highest BCUT2D eigenvalue weighted by atomic mass is 15.3. The van der Waals surface area contributed by atoms with E-state index in [4.69, 9.17) is 10.2 Å². The van der Waals surface area contributed by atoms with E-state index in [1.807, 2.05) is 13.1 Å². The van der Waals surface area contributed by atoms with E-state index in [2.05, 4.69) is 70.6 Å². The van der Waals surface area contributed by atoms with Gasteiger partial charge in [-0.15, -0.1) is 5.10 Å². The fourth-order valence-corrected chi connectivity index (χ4v) is 4.91. The number of aryl methyl sites for hydroxylation is 1. The van der Waals surface area contributed by atoms with Crippen molar-refractivity contribution < 1.29 is 0 Å². The van der Waals surface area contributed by atoms with Crippen LogP contribution in [0.2, 0.25) is 0 Å². The van der Waals surface area contributed by atoms with Crippen molar-refractivity contribution >= 4 is 11.5 Å². The van der Waals surface area contributed by atoms with E-state index >= 15 is 0 Å². The average molecular weight is 397 g/mol. The van der Waals surface area contributed by atoms with Crippen LogP contribution in [-0.4, -0.2) is 34.5 Å². The van der Waals surface area contributed by atoms with Gasteiger partial charge in [0.25, 0.3) is 0 Å². The number of fused-ring (bicyclic) bond motifs is 1. The molecule has 2 aromatic rings. The van der Waals surface area contributed by atoms with Gasteiger partial charge in [-0.3, -0.25) is 4.98 Å². The highest BCUT2D eigenvalue weighted by Crippen LogP contribution is 2.33. The van der Waals surface area contributed by atoms with Crippen molar-refractivity contribution in [2.24, 2.45) is 16.1 Å². The maximum absolute atomic E-state index is 4.78. The third-order valence-corrected chi connectivity index (χ3v) is 6.50. The molecule has 4 heteroatoms. The third kappa shape index (κ3) is 3.87. The van der Waals surface area contributed by atoms with Crippen LogP contribution < -0.4 is 0 Å². The fourth-order valence-electron chi connectivity index (χ4n) is 4.91. The van der Waals surface area contributed by atoms with Gasteiger partial charge in [-0.1, -0.05) is 48.6 Å². The highest BCUT2D eigenvalue weighted by Gasteiger charge is 2.33. The first-order chi connectivity index (χ1) is 14.8. The van der Waals surface area contributed by atoms with E-state index in [1.165, 1.54) is 29.5 Å². The van der Waals surface area contributed by atoms with Crippen LogP contribution in [0.4, 0.5) is 0 Å². The normalized spacial score (nSPS) is 21.6. The second-order valence-electron chi connectivity index (χ2n) is 8.50. The molecule has 0 saturated carbocycles. The van der Waals surface area contributed by atoms with Gasteiger partial charge in [-0.2, -0.15) is 5.10 Å². The lowest BCUT2D eigenvalue weighted by Crippen LogP contribution is -2.44. The number of likely N-dealkylation sites (tertiary alicyclic amines) is 1. The van der Waals surface area contributed by atoms with E-state index in [1.54, 1.807) is 0 Å². The van der Waals surface area contributed by atoms with Crippen molar-refractivity contribution in [1.29, 1.82) is 0 Å².